The molecule has 0 radical (unpaired) electrons. The van der Waals surface area contributed by atoms with Crippen LogP contribution in [-0.4, -0.2) is 5.33 Å². The first kappa shape index (κ1) is 12.0. The number of nitriles is 1. The minimum Gasteiger partial charge on any atom is -0.198 e. The Balaban J connectivity index is 3.13. The predicted molar refractivity (Wildman–Crippen MR) is 56.3 cm³/mol. The van der Waals surface area contributed by atoms with Crippen LogP contribution in [0, 0.1) is 17.2 Å². The third kappa shape index (κ3) is 6.67. The average Bonchev–Trinajstić information content (AvgIpc) is 2.11. The highest BCUT2D eigenvalue weighted by atomic mass is 79.9. The van der Waals surface area contributed by atoms with Crippen molar-refractivity contribution in [3.8, 4) is 6.07 Å². The molecule has 12 heavy (non-hydrogen) atoms. The van der Waals surface area contributed by atoms with Gasteiger partial charge in [-0.2, -0.15) is 5.26 Å². The van der Waals surface area contributed by atoms with Crippen molar-refractivity contribution in [2.75, 3.05) is 5.33 Å². The van der Waals surface area contributed by atoms with Crippen molar-refractivity contribution < 1.29 is 0 Å². The summed E-state index contributed by atoms with van der Waals surface area (Å²) in [5, 5.41) is 9.48. The van der Waals surface area contributed by atoms with Gasteiger partial charge in [0.15, 0.2) is 0 Å². The lowest BCUT2D eigenvalue weighted by atomic mass is 10.0. The summed E-state index contributed by atoms with van der Waals surface area (Å²) >= 11 is 3.34. The first-order chi connectivity index (χ1) is 5.85. The average molecular weight is 232 g/mol. The molecule has 0 aliphatic carbocycles. The van der Waals surface area contributed by atoms with E-state index >= 15 is 0 Å². The number of halogens is 1. The molecule has 0 aromatic heterocycles. The van der Waals surface area contributed by atoms with Crippen molar-refractivity contribution in [3.05, 3.63) is 0 Å². The number of hydrogen-bond donors (Lipinski definition) is 0. The summed E-state index contributed by atoms with van der Waals surface area (Å²) in [4.78, 5) is 0. The van der Waals surface area contributed by atoms with E-state index in [4.69, 9.17) is 5.26 Å². The number of alkyl halides is 1. The maximum absolute atomic E-state index is 8.65. The summed E-state index contributed by atoms with van der Waals surface area (Å²) in [7, 11) is 0. The molecule has 1 nitrogen and oxygen atoms in total. The summed E-state index contributed by atoms with van der Waals surface area (Å²) in [6.07, 6.45) is 7.52. The van der Waals surface area contributed by atoms with E-state index in [1.165, 1.54) is 32.1 Å². The Morgan fingerprint density at radius 1 is 1.25 bits per heavy atom. The van der Waals surface area contributed by atoms with Gasteiger partial charge in [0.2, 0.25) is 0 Å². The van der Waals surface area contributed by atoms with Crippen LogP contribution in [0.4, 0.5) is 0 Å². The molecule has 0 aliphatic heterocycles. The Bertz CT molecular complexity index is 128. The molecule has 1 atom stereocenters. The second-order valence-corrected chi connectivity index (χ2v) is 3.83. The van der Waals surface area contributed by atoms with Gasteiger partial charge in [0.05, 0.1) is 12.0 Å². The van der Waals surface area contributed by atoms with Crippen molar-refractivity contribution in [2.45, 2.75) is 45.4 Å². The van der Waals surface area contributed by atoms with E-state index in [2.05, 4.69) is 28.9 Å². The van der Waals surface area contributed by atoms with Crippen molar-refractivity contribution in [2.24, 2.45) is 5.92 Å². The van der Waals surface area contributed by atoms with Crippen LogP contribution in [0.25, 0.3) is 0 Å². The summed E-state index contributed by atoms with van der Waals surface area (Å²) in [6.45, 7) is 2.22. The number of nitrogens with zero attached hydrogens (tertiary/aromatic N) is 1. The molecule has 0 saturated carbocycles. The molecule has 0 heterocycles. The lowest BCUT2D eigenvalue weighted by molar-refractivity contribution is 0.562. The maximum Gasteiger partial charge on any atom is 0.0664 e. The fourth-order valence-electron chi connectivity index (χ4n) is 1.17. The van der Waals surface area contributed by atoms with Gasteiger partial charge in [-0.15, -0.1) is 0 Å². The fraction of sp³-hybridized carbons (Fsp3) is 0.900. The number of hydrogen-bond acceptors (Lipinski definition) is 1. The standard InChI is InChI=1S/C10H18BrN/c1-2-3-4-5-6-7-10(8-11)9-12/h10H,2-8H2,1H3. The smallest absolute Gasteiger partial charge is 0.0664 e. The highest BCUT2D eigenvalue weighted by molar-refractivity contribution is 9.09. The Hall–Kier alpha value is -0.0300. The van der Waals surface area contributed by atoms with Crippen LogP contribution >= 0.6 is 15.9 Å². The molecule has 0 fully saturated rings. The Kier molecular flexibility index (Phi) is 9.04. The molecule has 0 spiro atoms. The third-order valence-corrected chi connectivity index (χ3v) is 2.81. The highest BCUT2D eigenvalue weighted by Crippen LogP contribution is 2.12. The third-order valence-electron chi connectivity index (χ3n) is 2.02. The van der Waals surface area contributed by atoms with Gasteiger partial charge in [-0.05, 0) is 6.42 Å². The van der Waals surface area contributed by atoms with Crippen LogP contribution < -0.4 is 0 Å². The van der Waals surface area contributed by atoms with E-state index in [0.717, 1.165) is 11.8 Å². The van der Waals surface area contributed by atoms with Crippen LogP contribution in [-0.2, 0) is 0 Å². The Morgan fingerprint density at radius 2 is 1.92 bits per heavy atom. The minimum atomic E-state index is 0.228. The van der Waals surface area contributed by atoms with Gasteiger partial charge in [-0.25, -0.2) is 0 Å². The van der Waals surface area contributed by atoms with Gasteiger partial charge in [0.25, 0.3) is 0 Å². The van der Waals surface area contributed by atoms with Gasteiger partial charge in [-0.1, -0.05) is 55.0 Å². The number of rotatable bonds is 7. The molecule has 2 heteroatoms. The van der Waals surface area contributed by atoms with Gasteiger partial charge in [0, 0.05) is 5.33 Å². The van der Waals surface area contributed by atoms with Crippen molar-refractivity contribution in [1.29, 1.82) is 5.26 Å². The lowest BCUT2D eigenvalue weighted by Crippen LogP contribution is -1.97. The van der Waals surface area contributed by atoms with E-state index in [0.29, 0.717) is 0 Å². The Morgan fingerprint density at radius 3 is 2.42 bits per heavy atom. The van der Waals surface area contributed by atoms with E-state index < -0.39 is 0 Å². The van der Waals surface area contributed by atoms with Crippen molar-refractivity contribution in [1.82, 2.24) is 0 Å². The van der Waals surface area contributed by atoms with Gasteiger partial charge in [0.1, 0.15) is 0 Å². The zero-order valence-corrected chi connectivity index (χ0v) is 9.44. The number of unbranched alkanes of at least 4 members (excludes halogenated alkanes) is 4. The normalized spacial score (nSPS) is 12.4. The zero-order valence-electron chi connectivity index (χ0n) is 7.85. The molecule has 0 aromatic carbocycles. The highest BCUT2D eigenvalue weighted by Gasteiger charge is 2.03. The second-order valence-electron chi connectivity index (χ2n) is 3.18. The fourth-order valence-corrected chi connectivity index (χ4v) is 1.64. The first-order valence-corrected chi connectivity index (χ1v) is 5.92. The molecular weight excluding hydrogens is 214 g/mol. The van der Waals surface area contributed by atoms with Crippen LogP contribution in [0.15, 0.2) is 0 Å². The molecule has 70 valence electrons. The van der Waals surface area contributed by atoms with Gasteiger partial charge >= 0.3 is 0 Å². The molecule has 1 unspecified atom stereocenters. The molecular formula is C10H18BrN. The molecule has 0 bridgehead atoms. The Labute approximate surface area is 84.3 Å². The topological polar surface area (TPSA) is 23.8 Å². The summed E-state index contributed by atoms with van der Waals surface area (Å²) in [6, 6.07) is 2.30. The SMILES string of the molecule is CCCCCCCC(C#N)CBr. The molecule has 0 N–H and O–H groups in total. The molecule has 0 amide bonds. The maximum atomic E-state index is 8.65. The van der Waals surface area contributed by atoms with E-state index in [9.17, 15) is 0 Å². The van der Waals surface area contributed by atoms with Crippen LogP contribution in [0.5, 0.6) is 0 Å². The molecule has 0 aromatic rings. The monoisotopic (exact) mass is 231 g/mol. The van der Waals surface area contributed by atoms with Gasteiger partial charge in [-0.3, -0.25) is 0 Å². The van der Waals surface area contributed by atoms with E-state index in [-0.39, 0.29) is 5.92 Å². The van der Waals surface area contributed by atoms with E-state index in [1.807, 2.05) is 0 Å². The second kappa shape index (κ2) is 9.06. The summed E-state index contributed by atoms with van der Waals surface area (Å²) < 4.78 is 0. The van der Waals surface area contributed by atoms with E-state index in [1.54, 1.807) is 0 Å². The largest absolute Gasteiger partial charge is 0.198 e. The summed E-state index contributed by atoms with van der Waals surface area (Å²) in [5.74, 6) is 0.228. The molecule has 0 rings (SSSR count). The van der Waals surface area contributed by atoms with Crippen LogP contribution in [0.1, 0.15) is 45.4 Å². The quantitative estimate of drug-likeness (QED) is 0.482. The zero-order chi connectivity index (χ0) is 9.23. The molecule has 0 aliphatic rings. The van der Waals surface area contributed by atoms with Crippen molar-refractivity contribution >= 4 is 15.9 Å². The predicted octanol–water partition coefficient (Wildman–Crippen LogP) is 3.88. The first-order valence-electron chi connectivity index (χ1n) is 4.80. The van der Waals surface area contributed by atoms with Crippen LogP contribution in [0.2, 0.25) is 0 Å². The summed E-state index contributed by atoms with van der Waals surface area (Å²) in [5.41, 5.74) is 0. The van der Waals surface area contributed by atoms with Crippen molar-refractivity contribution in [3.63, 3.8) is 0 Å². The lowest BCUT2D eigenvalue weighted by Gasteiger charge is -2.03. The van der Waals surface area contributed by atoms with Gasteiger partial charge < -0.3 is 0 Å². The minimum absolute atomic E-state index is 0.228. The van der Waals surface area contributed by atoms with Crippen LogP contribution in [0.3, 0.4) is 0 Å². The molecule has 0 saturated heterocycles.